The van der Waals surface area contributed by atoms with Crippen LogP contribution in [0.1, 0.15) is 33.6 Å². The van der Waals surface area contributed by atoms with E-state index in [4.69, 9.17) is 5.11 Å². The van der Waals surface area contributed by atoms with E-state index in [0.29, 0.717) is 0 Å². The Morgan fingerprint density at radius 2 is 1.67 bits per heavy atom. The Hall–Kier alpha value is -1.23. The van der Waals surface area contributed by atoms with Crippen molar-refractivity contribution in [3.05, 3.63) is 0 Å². The summed E-state index contributed by atoms with van der Waals surface area (Å²) in [5.41, 5.74) is -2.26. The molecular weight excluding hydrogens is 200 g/mol. The standard InChI is InChI=1S/C10H16O5/c1-6(2)8(12)5-10(15,9(13)14)4-7(3)11/h6,15H,4-5H2,1-3H3,(H,13,14)/t10-/m0/s1. The van der Waals surface area contributed by atoms with Crippen molar-refractivity contribution in [2.45, 2.75) is 39.2 Å². The van der Waals surface area contributed by atoms with Crippen LogP contribution >= 0.6 is 0 Å². The van der Waals surface area contributed by atoms with Crippen LogP contribution in [0.2, 0.25) is 0 Å². The van der Waals surface area contributed by atoms with Gasteiger partial charge in [0.25, 0.3) is 0 Å². The fraction of sp³-hybridized carbons (Fsp3) is 0.700. The highest BCUT2D eigenvalue weighted by Crippen LogP contribution is 2.19. The number of aliphatic hydroxyl groups is 1. The zero-order valence-corrected chi connectivity index (χ0v) is 9.11. The molecule has 0 fully saturated rings. The summed E-state index contributed by atoms with van der Waals surface area (Å²) in [7, 11) is 0. The lowest BCUT2D eigenvalue weighted by Gasteiger charge is -2.22. The van der Waals surface area contributed by atoms with Gasteiger partial charge in [-0.2, -0.15) is 0 Å². The first kappa shape index (κ1) is 13.8. The summed E-state index contributed by atoms with van der Waals surface area (Å²) < 4.78 is 0. The highest BCUT2D eigenvalue weighted by atomic mass is 16.4. The number of carboxylic acids is 1. The highest BCUT2D eigenvalue weighted by molar-refractivity contribution is 5.92. The Morgan fingerprint density at radius 3 is 1.93 bits per heavy atom. The zero-order valence-electron chi connectivity index (χ0n) is 9.11. The molecule has 0 spiro atoms. The van der Waals surface area contributed by atoms with Crippen molar-refractivity contribution in [1.82, 2.24) is 0 Å². The monoisotopic (exact) mass is 216 g/mol. The third-order valence-corrected chi connectivity index (χ3v) is 2.05. The second-order valence-electron chi connectivity index (χ2n) is 4.01. The van der Waals surface area contributed by atoms with Crippen LogP contribution in [0.3, 0.4) is 0 Å². The molecule has 0 radical (unpaired) electrons. The van der Waals surface area contributed by atoms with Gasteiger partial charge in [-0.1, -0.05) is 13.8 Å². The SMILES string of the molecule is CC(=O)C[C@](O)(CC(=O)C(C)C)C(=O)O. The molecule has 2 N–H and O–H groups in total. The van der Waals surface area contributed by atoms with Crippen LogP contribution in [-0.4, -0.2) is 33.3 Å². The van der Waals surface area contributed by atoms with E-state index < -0.39 is 30.2 Å². The van der Waals surface area contributed by atoms with Crippen LogP contribution in [-0.2, 0) is 14.4 Å². The summed E-state index contributed by atoms with van der Waals surface area (Å²) >= 11 is 0. The van der Waals surface area contributed by atoms with Gasteiger partial charge < -0.3 is 10.2 Å². The average Bonchev–Trinajstić information content (AvgIpc) is 2.01. The molecule has 0 aromatic rings. The Balaban J connectivity index is 4.73. The van der Waals surface area contributed by atoms with Crippen LogP contribution < -0.4 is 0 Å². The Labute approximate surface area is 88.1 Å². The zero-order chi connectivity index (χ0) is 12.2. The predicted molar refractivity (Wildman–Crippen MR) is 52.3 cm³/mol. The smallest absolute Gasteiger partial charge is 0.336 e. The van der Waals surface area contributed by atoms with Crippen LogP contribution in [0.4, 0.5) is 0 Å². The molecular formula is C10H16O5. The van der Waals surface area contributed by atoms with Gasteiger partial charge in [0.2, 0.25) is 0 Å². The number of Topliss-reactive ketones (excluding diaryl/α,β-unsaturated/α-hetero) is 2. The van der Waals surface area contributed by atoms with E-state index in [9.17, 15) is 19.5 Å². The first-order valence-corrected chi connectivity index (χ1v) is 4.67. The topological polar surface area (TPSA) is 91.7 Å². The van der Waals surface area contributed by atoms with Crippen LogP contribution in [0.25, 0.3) is 0 Å². The second kappa shape index (κ2) is 5.02. The molecule has 0 aromatic heterocycles. The normalized spacial score (nSPS) is 14.7. The van der Waals surface area contributed by atoms with Crippen molar-refractivity contribution in [3.63, 3.8) is 0 Å². The molecule has 0 aliphatic heterocycles. The molecule has 0 aliphatic rings. The van der Waals surface area contributed by atoms with E-state index in [1.54, 1.807) is 13.8 Å². The maximum atomic E-state index is 11.3. The lowest BCUT2D eigenvalue weighted by Crippen LogP contribution is -2.43. The van der Waals surface area contributed by atoms with Crippen LogP contribution in [0, 0.1) is 5.92 Å². The van der Waals surface area contributed by atoms with Crippen molar-refractivity contribution in [2.75, 3.05) is 0 Å². The number of rotatable bonds is 6. The molecule has 0 aliphatic carbocycles. The van der Waals surface area contributed by atoms with Crippen molar-refractivity contribution >= 4 is 17.5 Å². The van der Waals surface area contributed by atoms with Gasteiger partial charge in [0.05, 0.1) is 0 Å². The molecule has 86 valence electrons. The highest BCUT2D eigenvalue weighted by Gasteiger charge is 2.39. The summed E-state index contributed by atoms with van der Waals surface area (Å²) in [5, 5.41) is 18.4. The minimum absolute atomic E-state index is 0.358. The number of carbonyl (C=O) groups is 3. The first-order valence-electron chi connectivity index (χ1n) is 4.67. The molecule has 0 saturated carbocycles. The molecule has 0 unspecified atom stereocenters. The molecule has 0 aromatic carbocycles. The minimum atomic E-state index is -2.26. The Bertz CT molecular complexity index is 282. The van der Waals surface area contributed by atoms with Gasteiger partial charge in [-0.3, -0.25) is 9.59 Å². The average molecular weight is 216 g/mol. The van der Waals surface area contributed by atoms with Gasteiger partial charge in [-0.25, -0.2) is 4.79 Å². The third-order valence-electron chi connectivity index (χ3n) is 2.05. The fourth-order valence-corrected chi connectivity index (χ4v) is 1.12. The molecule has 0 bridgehead atoms. The van der Waals surface area contributed by atoms with E-state index in [1.165, 1.54) is 6.92 Å². The number of aliphatic carboxylic acids is 1. The summed E-state index contributed by atoms with van der Waals surface area (Å²) in [6, 6.07) is 0. The number of ketones is 2. The van der Waals surface area contributed by atoms with Crippen LogP contribution in [0.5, 0.6) is 0 Å². The molecule has 5 nitrogen and oxygen atoms in total. The van der Waals surface area contributed by atoms with Gasteiger partial charge >= 0.3 is 5.97 Å². The number of carbonyl (C=O) groups excluding carboxylic acids is 2. The van der Waals surface area contributed by atoms with E-state index in [1.807, 2.05) is 0 Å². The summed E-state index contributed by atoms with van der Waals surface area (Å²) in [4.78, 5) is 32.9. The first-order chi connectivity index (χ1) is 6.69. The summed E-state index contributed by atoms with van der Waals surface area (Å²) in [6.07, 6.45) is -1.07. The van der Waals surface area contributed by atoms with E-state index >= 15 is 0 Å². The van der Waals surface area contributed by atoms with Gasteiger partial charge in [0, 0.05) is 18.8 Å². The number of hydrogen-bond donors (Lipinski definition) is 2. The van der Waals surface area contributed by atoms with Gasteiger partial charge in [-0.05, 0) is 6.92 Å². The molecule has 0 rings (SSSR count). The lowest BCUT2D eigenvalue weighted by atomic mass is 9.88. The maximum Gasteiger partial charge on any atom is 0.336 e. The predicted octanol–water partition coefficient (Wildman–Crippen LogP) is 0.396. The van der Waals surface area contributed by atoms with E-state index in [-0.39, 0.29) is 11.7 Å². The van der Waals surface area contributed by atoms with Gasteiger partial charge in [0.15, 0.2) is 5.60 Å². The lowest BCUT2D eigenvalue weighted by molar-refractivity contribution is -0.164. The van der Waals surface area contributed by atoms with Crippen molar-refractivity contribution < 1.29 is 24.6 Å². The van der Waals surface area contributed by atoms with Gasteiger partial charge in [-0.15, -0.1) is 0 Å². The Morgan fingerprint density at radius 1 is 1.20 bits per heavy atom. The molecule has 0 saturated heterocycles. The molecule has 0 amide bonds. The molecule has 1 atom stereocenters. The molecule has 5 heteroatoms. The summed E-state index contributed by atoms with van der Waals surface area (Å²) in [6.45, 7) is 4.39. The fourth-order valence-electron chi connectivity index (χ4n) is 1.12. The molecule has 0 heterocycles. The number of carboxylic acid groups (broad SMARTS) is 1. The second-order valence-corrected chi connectivity index (χ2v) is 4.01. The van der Waals surface area contributed by atoms with Gasteiger partial charge in [0.1, 0.15) is 11.6 Å². The minimum Gasteiger partial charge on any atom is -0.479 e. The largest absolute Gasteiger partial charge is 0.479 e. The number of hydrogen-bond acceptors (Lipinski definition) is 4. The van der Waals surface area contributed by atoms with Crippen molar-refractivity contribution in [3.8, 4) is 0 Å². The van der Waals surface area contributed by atoms with E-state index in [0.717, 1.165) is 0 Å². The summed E-state index contributed by atoms with van der Waals surface area (Å²) in [5.74, 6) is -2.73. The quantitative estimate of drug-likeness (QED) is 0.670. The maximum absolute atomic E-state index is 11.3. The Kier molecular flexibility index (Phi) is 4.61. The molecule has 15 heavy (non-hydrogen) atoms. The van der Waals surface area contributed by atoms with E-state index in [2.05, 4.69) is 0 Å². The van der Waals surface area contributed by atoms with Crippen LogP contribution in [0.15, 0.2) is 0 Å². The van der Waals surface area contributed by atoms with Crippen molar-refractivity contribution in [2.24, 2.45) is 5.92 Å². The van der Waals surface area contributed by atoms with Crippen molar-refractivity contribution in [1.29, 1.82) is 0 Å². The third kappa shape index (κ3) is 4.20.